The maximum Gasteiger partial charge on any atom is 0.00601 e. The molecule has 12 heavy (non-hydrogen) atoms. The Labute approximate surface area is 84.6 Å². The SMILES string of the molecule is CCCN1CCCC(CBr)CC1. The number of hydrogen-bond donors (Lipinski definition) is 0. The Balaban J connectivity index is 2.24. The van der Waals surface area contributed by atoms with Gasteiger partial charge in [0, 0.05) is 5.33 Å². The van der Waals surface area contributed by atoms with Crippen molar-refractivity contribution >= 4 is 15.9 Å². The second kappa shape index (κ2) is 5.98. The first-order valence-electron chi connectivity index (χ1n) is 5.15. The van der Waals surface area contributed by atoms with Crippen LogP contribution in [0.4, 0.5) is 0 Å². The van der Waals surface area contributed by atoms with Crippen LogP contribution in [0.15, 0.2) is 0 Å². The minimum absolute atomic E-state index is 0.937. The summed E-state index contributed by atoms with van der Waals surface area (Å²) in [6.45, 7) is 6.23. The molecule has 0 saturated carbocycles. The van der Waals surface area contributed by atoms with Gasteiger partial charge in [0.25, 0.3) is 0 Å². The lowest BCUT2D eigenvalue weighted by Crippen LogP contribution is -2.25. The van der Waals surface area contributed by atoms with Crippen LogP contribution >= 0.6 is 15.9 Å². The predicted octanol–water partition coefficient (Wildman–Crippen LogP) is 2.89. The van der Waals surface area contributed by atoms with E-state index in [2.05, 4.69) is 27.8 Å². The lowest BCUT2D eigenvalue weighted by molar-refractivity contribution is 0.283. The van der Waals surface area contributed by atoms with Crippen molar-refractivity contribution in [3.8, 4) is 0 Å². The molecule has 0 aromatic carbocycles. The van der Waals surface area contributed by atoms with Crippen molar-refractivity contribution in [3.05, 3.63) is 0 Å². The maximum atomic E-state index is 3.59. The first kappa shape index (κ1) is 10.5. The largest absolute Gasteiger partial charge is 0.303 e. The third-order valence-corrected chi connectivity index (χ3v) is 3.61. The molecule has 1 rings (SSSR count). The fourth-order valence-corrected chi connectivity index (χ4v) is 2.57. The average Bonchev–Trinajstić information content (AvgIpc) is 2.31. The van der Waals surface area contributed by atoms with Crippen LogP contribution in [0, 0.1) is 5.92 Å². The third kappa shape index (κ3) is 3.44. The number of hydrogen-bond acceptors (Lipinski definition) is 1. The normalized spacial score (nSPS) is 27.0. The zero-order valence-corrected chi connectivity index (χ0v) is 9.65. The Kier molecular flexibility index (Phi) is 5.24. The maximum absolute atomic E-state index is 3.59. The topological polar surface area (TPSA) is 3.24 Å². The summed E-state index contributed by atoms with van der Waals surface area (Å²) in [7, 11) is 0. The fraction of sp³-hybridized carbons (Fsp3) is 1.00. The summed E-state index contributed by atoms with van der Waals surface area (Å²) >= 11 is 3.59. The van der Waals surface area contributed by atoms with Gasteiger partial charge in [-0.15, -0.1) is 0 Å². The highest BCUT2D eigenvalue weighted by atomic mass is 79.9. The van der Waals surface area contributed by atoms with Crippen LogP contribution in [0.1, 0.15) is 32.6 Å². The molecule has 0 radical (unpaired) electrons. The van der Waals surface area contributed by atoms with Gasteiger partial charge in [0.1, 0.15) is 0 Å². The van der Waals surface area contributed by atoms with E-state index in [1.54, 1.807) is 0 Å². The van der Waals surface area contributed by atoms with E-state index in [1.807, 2.05) is 0 Å². The molecule has 0 aromatic heterocycles. The number of halogens is 1. The molecular weight excluding hydrogens is 214 g/mol. The molecule has 1 fully saturated rings. The summed E-state index contributed by atoms with van der Waals surface area (Å²) in [5, 5.41) is 1.20. The molecular formula is C10H20BrN. The molecule has 1 unspecified atom stereocenters. The highest BCUT2D eigenvalue weighted by Gasteiger charge is 2.14. The second-order valence-corrected chi connectivity index (χ2v) is 4.44. The highest BCUT2D eigenvalue weighted by molar-refractivity contribution is 9.09. The quantitative estimate of drug-likeness (QED) is 0.679. The van der Waals surface area contributed by atoms with Crippen LogP contribution in [0.2, 0.25) is 0 Å². The molecule has 0 amide bonds. The van der Waals surface area contributed by atoms with Gasteiger partial charge < -0.3 is 4.90 Å². The third-order valence-electron chi connectivity index (χ3n) is 2.70. The summed E-state index contributed by atoms with van der Waals surface area (Å²) in [5.74, 6) is 0.937. The Morgan fingerprint density at radius 1 is 1.33 bits per heavy atom. The molecule has 0 bridgehead atoms. The number of likely N-dealkylation sites (tertiary alicyclic amines) is 1. The predicted molar refractivity (Wildman–Crippen MR) is 57.9 cm³/mol. The van der Waals surface area contributed by atoms with Gasteiger partial charge in [0.2, 0.25) is 0 Å². The van der Waals surface area contributed by atoms with E-state index in [9.17, 15) is 0 Å². The van der Waals surface area contributed by atoms with E-state index in [1.165, 1.54) is 50.6 Å². The van der Waals surface area contributed by atoms with Crippen LogP contribution in [0.3, 0.4) is 0 Å². The summed E-state index contributed by atoms with van der Waals surface area (Å²) in [6.07, 6.45) is 5.52. The summed E-state index contributed by atoms with van der Waals surface area (Å²) in [5.41, 5.74) is 0. The van der Waals surface area contributed by atoms with Gasteiger partial charge in [0.05, 0.1) is 0 Å². The summed E-state index contributed by atoms with van der Waals surface area (Å²) < 4.78 is 0. The fourth-order valence-electron chi connectivity index (χ4n) is 1.92. The van der Waals surface area contributed by atoms with Crippen molar-refractivity contribution < 1.29 is 0 Å². The molecule has 0 spiro atoms. The smallest absolute Gasteiger partial charge is 0.00601 e. The lowest BCUT2D eigenvalue weighted by atomic mass is 10.0. The van der Waals surface area contributed by atoms with Gasteiger partial charge in [-0.2, -0.15) is 0 Å². The molecule has 0 aliphatic carbocycles. The molecule has 72 valence electrons. The number of nitrogens with zero attached hydrogens (tertiary/aromatic N) is 1. The van der Waals surface area contributed by atoms with Crippen molar-refractivity contribution in [2.45, 2.75) is 32.6 Å². The van der Waals surface area contributed by atoms with Gasteiger partial charge in [-0.05, 0) is 51.2 Å². The molecule has 1 saturated heterocycles. The number of rotatable bonds is 3. The van der Waals surface area contributed by atoms with Crippen LogP contribution in [-0.4, -0.2) is 29.9 Å². The Morgan fingerprint density at radius 3 is 2.83 bits per heavy atom. The molecule has 1 atom stereocenters. The molecule has 1 aliphatic rings. The van der Waals surface area contributed by atoms with Crippen molar-refractivity contribution in [2.24, 2.45) is 5.92 Å². The van der Waals surface area contributed by atoms with Gasteiger partial charge in [0.15, 0.2) is 0 Å². The average molecular weight is 234 g/mol. The summed E-state index contributed by atoms with van der Waals surface area (Å²) in [6, 6.07) is 0. The van der Waals surface area contributed by atoms with Crippen LogP contribution in [0.25, 0.3) is 0 Å². The highest BCUT2D eigenvalue weighted by Crippen LogP contribution is 2.19. The molecule has 1 aliphatic heterocycles. The van der Waals surface area contributed by atoms with E-state index in [4.69, 9.17) is 0 Å². The monoisotopic (exact) mass is 233 g/mol. The Morgan fingerprint density at radius 2 is 2.17 bits per heavy atom. The second-order valence-electron chi connectivity index (χ2n) is 3.79. The minimum Gasteiger partial charge on any atom is -0.303 e. The van der Waals surface area contributed by atoms with Crippen LogP contribution in [0.5, 0.6) is 0 Å². The zero-order valence-electron chi connectivity index (χ0n) is 8.06. The van der Waals surface area contributed by atoms with E-state index < -0.39 is 0 Å². The first-order chi connectivity index (χ1) is 5.86. The molecule has 0 aromatic rings. The molecule has 0 N–H and O–H groups in total. The van der Waals surface area contributed by atoms with Gasteiger partial charge in [-0.3, -0.25) is 0 Å². The Bertz CT molecular complexity index is 116. The molecule has 1 heterocycles. The van der Waals surface area contributed by atoms with E-state index in [0.717, 1.165) is 5.92 Å². The number of alkyl halides is 1. The Hall–Kier alpha value is 0.440. The van der Waals surface area contributed by atoms with E-state index in [0.29, 0.717) is 0 Å². The minimum atomic E-state index is 0.937. The first-order valence-corrected chi connectivity index (χ1v) is 6.27. The van der Waals surface area contributed by atoms with Crippen LogP contribution < -0.4 is 0 Å². The van der Waals surface area contributed by atoms with Crippen LogP contribution in [-0.2, 0) is 0 Å². The molecule has 1 nitrogen and oxygen atoms in total. The molecule has 2 heteroatoms. The standard InChI is InChI=1S/C10H20BrN/c1-2-6-12-7-3-4-10(9-11)5-8-12/h10H,2-9H2,1H3. The van der Waals surface area contributed by atoms with Crippen molar-refractivity contribution in [3.63, 3.8) is 0 Å². The van der Waals surface area contributed by atoms with E-state index >= 15 is 0 Å². The lowest BCUT2D eigenvalue weighted by Gasteiger charge is -2.18. The van der Waals surface area contributed by atoms with Crippen molar-refractivity contribution in [2.75, 3.05) is 25.0 Å². The van der Waals surface area contributed by atoms with E-state index in [-0.39, 0.29) is 0 Å². The van der Waals surface area contributed by atoms with Gasteiger partial charge in [-0.1, -0.05) is 22.9 Å². The van der Waals surface area contributed by atoms with Gasteiger partial charge in [-0.25, -0.2) is 0 Å². The van der Waals surface area contributed by atoms with Crippen molar-refractivity contribution in [1.82, 2.24) is 4.90 Å². The zero-order chi connectivity index (χ0) is 8.81. The van der Waals surface area contributed by atoms with Crippen molar-refractivity contribution in [1.29, 1.82) is 0 Å². The summed E-state index contributed by atoms with van der Waals surface area (Å²) in [4.78, 5) is 2.61. The van der Waals surface area contributed by atoms with Gasteiger partial charge >= 0.3 is 0 Å².